The van der Waals surface area contributed by atoms with Crippen LogP contribution in [-0.2, 0) is 16.6 Å². The minimum absolute atomic E-state index is 0.0871. The Bertz CT molecular complexity index is 853. The van der Waals surface area contributed by atoms with Gasteiger partial charge in [0.05, 0.1) is 10.5 Å². The number of rotatable bonds is 2. The van der Waals surface area contributed by atoms with Crippen LogP contribution in [0.15, 0.2) is 53.4 Å². The number of nitrogens with zero attached hydrogens (tertiary/aromatic N) is 2. The van der Waals surface area contributed by atoms with E-state index in [2.05, 4.69) is 0 Å². The molecule has 0 bridgehead atoms. The first-order chi connectivity index (χ1) is 10.5. The average Bonchev–Trinajstić information content (AvgIpc) is 2.54. The number of hydrogen-bond acceptors (Lipinski definition) is 3. The van der Waals surface area contributed by atoms with Crippen LogP contribution in [0.4, 0.5) is 0 Å². The van der Waals surface area contributed by atoms with Crippen LogP contribution >= 0.6 is 0 Å². The molecule has 0 radical (unpaired) electrons. The fourth-order valence-electron chi connectivity index (χ4n) is 2.92. The summed E-state index contributed by atoms with van der Waals surface area (Å²) >= 11 is 0. The molecule has 4 nitrogen and oxygen atoms in total. The largest absolute Gasteiger partial charge is 0.244 e. The number of nitriles is 1. The Hall–Kier alpha value is -2.16. The van der Waals surface area contributed by atoms with Crippen molar-refractivity contribution >= 4 is 10.0 Å². The van der Waals surface area contributed by atoms with Crippen molar-refractivity contribution in [3.05, 3.63) is 65.2 Å². The van der Waals surface area contributed by atoms with Crippen molar-refractivity contribution < 1.29 is 8.42 Å². The molecular weight excluding hydrogens is 296 g/mol. The van der Waals surface area contributed by atoms with Gasteiger partial charge in [-0.1, -0.05) is 43.3 Å². The number of hydrogen-bond donors (Lipinski definition) is 0. The van der Waals surface area contributed by atoms with Crippen molar-refractivity contribution in [3.63, 3.8) is 0 Å². The molecule has 2 aromatic rings. The van der Waals surface area contributed by atoms with E-state index in [1.165, 1.54) is 22.0 Å². The number of benzene rings is 2. The maximum atomic E-state index is 12.9. The number of sulfonamides is 1. The van der Waals surface area contributed by atoms with Gasteiger partial charge in [-0.05, 0) is 29.2 Å². The van der Waals surface area contributed by atoms with Crippen LogP contribution in [0.1, 0.15) is 29.5 Å². The molecule has 0 spiro atoms. The standard InChI is InChI=1S/C17H16N2O2S/c1-13-11-19(12-15-7-2-4-8-16(13)15)22(20,21)17-9-5-3-6-14(17)10-18/h2-9,13H,11-12H2,1H3. The summed E-state index contributed by atoms with van der Waals surface area (Å²) in [6.07, 6.45) is 0. The summed E-state index contributed by atoms with van der Waals surface area (Å²) in [6, 6.07) is 16.2. The SMILES string of the molecule is CC1CN(S(=O)(=O)c2ccccc2C#N)Cc2ccccc21. The molecule has 1 unspecified atom stereocenters. The summed E-state index contributed by atoms with van der Waals surface area (Å²) in [5, 5.41) is 9.16. The Morgan fingerprint density at radius 3 is 2.59 bits per heavy atom. The van der Waals surface area contributed by atoms with Gasteiger partial charge in [0.2, 0.25) is 10.0 Å². The molecule has 0 aromatic heterocycles. The van der Waals surface area contributed by atoms with Gasteiger partial charge >= 0.3 is 0 Å². The van der Waals surface area contributed by atoms with E-state index in [1.54, 1.807) is 12.1 Å². The van der Waals surface area contributed by atoms with Gasteiger partial charge in [-0.25, -0.2) is 8.42 Å². The monoisotopic (exact) mass is 312 g/mol. The Morgan fingerprint density at radius 2 is 1.82 bits per heavy atom. The van der Waals surface area contributed by atoms with Gasteiger partial charge in [0, 0.05) is 13.1 Å². The lowest BCUT2D eigenvalue weighted by Crippen LogP contribution is -2.37. The second-order valence-corrected chi connectivity index (χ2v) is 7.41. The lowest BCUT2D eigenvalue weighted by Gasteiger charge is -2.32. The van der Waals surface area contributed by atoms with Gasteiger partial charge in [0.25, 0.3) is 0 Å². The molecule has 0 saturated carbocycles. The Balaban J connectivity index is 2.03. The first-order valence-corrected chi connectivity index (χ1v) is 8.55. The lowest BCUT2D eigenvalue weighted by atomic mass is 9.92. The van der Waals surface area contributed by atoms with Gasteiger partial charge in [-0.2, -0.15) is 9.57 Å². The topological polar surface area (TPSA) is 61.2 Å². The molecule has 2 aromatic carbocycles. The highest BCUT2D eigenvalue weighted by Gasteiger charge is 2.32. The molecule has 112 valence electrons. The average molecular weight is 312 g/mol. The number of fused-ring (bicyclic) bond motifs is 1. The van der Waals surface area contributed by atoms with E-state index in [0.717, 1.165) is 5.56 Å². The first-order valence-electron chi connectivity index (χ1n) is 7.11. The summed E-state index contributed by atoms with van der Waals surface area (Å²) in [5.41, 5.74) is 2.41. The highest BCUT2D eigenvalue weighted by Crippen LogP contribution is 2.32. The third-order valence-corrected chi connectivity index (χ3v) is 5.91. The van der Waals surface area contributed by atoms with Gasteiger partial charge in [-0.3, -0.25) is 0 Å². The zero-order valence-corrected chi connectivity index (χ0v) is 13.0. The molecule has 22 heavy (non-hydrogen) atoms. The van der Waals surface area contributed by atoms with Crippen LogP contribution < -0.4 is 0 Å². The van der Waals surface area contributed by atoms with Crippen LogP contribution in [0.2, 0.25) is 0 Å². The first kappa shape index (κ1) is 14.8. The van der Waals surface area contributed by atoms with E-state index < -0.39 is 10.0 Å². The molecule has 0 amide bonds. The Labute approximate surface area is 130 Å². The third kappa shape index (κ3) is 2.41. The van der Waals surface area contributed by atoms with E-state index in [-0.39, 0.29) is 16.4 Å². The molecule has 5 heteroatoms. The van der Waals surface area contributed by atoms with Crippen LogP contribution in [0.25, 0.3) is 0 Å². The van der Waals surface area contributed by atoms with Crippen molar-refractivity contribution in [3.8, 4) is 6.07 Å². The van der Waals surface area contributed by atoms with Crippen molar-refractivity contribution in [2.45, 2.75) is 24.3 Å². The van der Waals surface area contributed by atoms with E-state index in [4.69, 9.17) is 5.26 Å². The summed E-state index contributed by atoms with van der Waals surface area (Å²) in [4.78, 5) is 0.0871. The van der Waals surface area contributed by atoms with E-state index >= 15 is 0 Å². The minimum Gasteiger partial charge on any atom is -0.207 e. The smallest absolute Gasteiger partial charge is 0.207 e. The van der Waals surface area contributed by atoms with Gasteiger partial charge in [-0.15, -0.1) is 0 Å². The van der Waals surface area contributed by atoms with Crippen molar-refractivity contribution in [2.75, 3.05) is 6.54 Å². The third-order valence-electron chi connectivity index (χ3n) is 4.04. The fourth-order valence-corrected chi connectivity index (χ4v) is 4.57. The predicted octanol–water partition coefficient (Wildman–Crippen LogP) is 2.87. The molecule has 1 heterocycles. The summed E-state index contributed by atoms with van der Waals surface area (Å²) < 4.78 is 27.3. The zero-order chi connectivity index (χ0) is 15.7. The molecule has 1 aliphatic rings. The molecule has 0 fully saturated rings. The lowest BCUT2D eigenvalue weighted by molar-refractivity contribution is 0.363. The Morgan fingerprint density at radius 1 is 1.14 bits per heavy atom. The van der Waals surface area contributed by atoms with E-state index in [1.807, 2.05) is 37.3 Å². The zero-order valence-electron chi connectivity index (χ0n) is 12.2. The molecule has 3 rings (SSSR count). The highest BCUT2D eigenvalue weighted by atomic mass is 32.2. The van der Waals surface area contributed by atoms with E-state index in [9.17, 15) is 8.42 Å². The van der Waals surface area contributed by atoms with E-state index in [0.29, 0.717) is 13.1 Å². The fraction of sp³-hybridized carbons (Fsp3) is 0.235. The van der Waals surface area contributed by atoms with Gasteiger partial charge < -0.3 is 0 Å². The quantitative estimate of drug-likeness (QED) is 0.856. The Kier molecular flexibility index (Phi) is 3.73. The maximum absolute atomic E-state index is 12.9. The molecule has 1 aliphatic heterocycles. The van der Waals surface area contributed by atoms with Crippen LogP contribution in [0.3, 0.4) is 0 Å². The van der Waals surface area contributed by atoms with Gasteiger partial charge in [0.1, 0.15) is 6.07 Å². The predicted molar refractivity (Wildman–Crippen MR) is 83.6 cm³/mol. The maximum Gasteiger partial charge on any atom is 0.244 e. The highest BCUT2D eigenvalue weighted by molar-refractivity contribution is 7.89. The normalized spacial score (nSPS) is 18.5. The van der Waals surface area contributed by atoms with Crippen molar-refractivity contribution in [1.82, 2.24) is 4.31 Å². The molecule has 0 aliphatic carbocycles. The second kappa shape index (κ2) is 5.56. The molecular formula is C17H16N2O2S. The second-order valence-electron chi connectivity index (χ2n) is 5.51. The van der Waals surface area contributed by atoms with Crippen LogP contribution in [-0.4, -0.2) is 19.3 Å². The van der Waals surface area contributed by atoms with Crippen LogP contribution in [0, 0.1) is 11.3 Å². The van der Waals surface area contributed by atoms with Crippen molar-refractivity contribution in [1.29, 1.82) is 5.26 Å². The van der Waals surface area contributed by atoms with Crippen molar-refractivity contribution in [2.24, 2.45) is 0 Å². The van der Waals surface area contributed by atoms with Gasteiger partial charge in [0.15, 0.2) is 0 Å². The summed E-state index contributed by atoms with van der Waals surface area (Å²) in [5.74, 6) is 0.133. The minimum atomic E-state index is -3.67. The molecule has 0 N–H and O–H groups in total. The van der Waals surface area contributed by atoms with Crippen LogP contribution in [0.5, 0.6) is 0 Å². The molecule has 1 atom stereocenters. The summed E-state index contributed by atoms with van der Waals surface area (Å²) in [6.45, 7) is 2.80. The molecule has 0 saturated heterocycles. The summed E-state index contributed by atoms with van der Waals surface area (Å²) in [7, 11) is -3.67.